The monoisotopic (exact) mass is 226 g/mol. The predicted molar refractivity (Wildman–Crippen MR) is 57.7 cm³/mol. The lowest BCUT2D eigenvalue weighted by atomic mass is 9.64. The van der Waals surface area contributed by atoms with Crippen molar-refractivity contribution in [3.05, 3.63) is 11.3 Å². The molecule has 0 aromatic heterocycles. The van der Waals surface area contributed by atoms with E-state index in [4.69, 9.17) is 4.74 Å². The third kappa shape index (κ3) is 1.52. The van der Waals surface area contributed by atoms with E-state index in [1.165, 1.54) is 7.11 Å². The first-order valence-electron chi connectivity index (χ1n) is 5.73. The summed E-state index contributed by atoms with van der Waals surface area (Å²) >= 11 is 0. The van der Waals surface area contributed by atoms with Crippen molar-refractivity contribution in [2.24, 2.45) is 11.8 Å². The van der Waals surface area contributed by atoms with Crippen molar-refractivity contribution in [2.45, 2.75) is 38.2 Å². The van der Waals surface area contributed by atoms with E-state index in [0.29, 0.717) is 18.4 Å². The standard InChI is InChI=1S/C12H18O4/c1-7-10(13)9(11(14)16-2)8-4-3-5-12(7,15)6-8/h7-8,13,15H,3-6H2,1-2H3/t7-,8-,12-/m1/s1. The summed E-state index contributed by atoms with van der Waals surface area (Å²) in [6.45, 7) is 1.76. The largest absolute Gasteiger partial charge is 0.511 e. The number of hydrogen-bond acceptors (Lipinski definition) is 4. The summed E-state index contributed by atoms with van der Waals surface area (Å²) in [5.74, 6) is -0.871. The van der Waals surface area contributed by atoms with Gasteiger partial charge in [0, 0.05) is 5.92 Å². The van der Waals surface area contributed by atoms with Gasteiger partial charge in [-0.05, 0) is 31.6 Å². The highest BCUT2D eigenvalue weighted by Crippen LogP contribution is 2.48. The van der Waals surface area contributed by atoms with Crippen LogP contribution >= 0.6 is 0 Å². The zero-order valence-electron chi connectivity index (χ0n) is 9.69. The average molecular weight is 226 g/mol. The minimum atomic E-state index is -0.843. The van der Waals surface area contributed by atoms with E-state index in [1.54, 1.807) is 6.92 Å². The summed E-state index contributed by atoms with van der Waals surface area (Å²) in [6, 6.07) is 0. The SMILES string of the molecule is COC(=O)C1=C(O)[C@@H](C)[C@@]2(O)CCC[C@@H]1C2. The van der Waals surface area contributed by atoms with Gasteiger partial charge in [-0.15, -0.1) is 0 Å². The Morgan fingerprint density at radius 1 is 1.56 bits per heavy atom. The summed E-state index contributed by atoms with van der Waals surface area (Å²) < 4.78 is 4.69. The second kappa shape index (κ2) is 3.77. The Balaban J connectivity index is 2.43. The highest BCUT2D eigenvalue weighted by molar-refractivity contribution is 5.90. The van der Waals surface area contributed by atoms with Gasteiger partial charge in [0.2, 0.25) is 0 Å². The molecule has 2 aliphatic rings. The third-order valence-electron chi connectivity index (χ3n) is 4.07. The van der Waals surface area contributed by atoms with Gasteiger partial charge in [0.15, 0.2) is 0 Å². The van der Waals surface area contributed by atoms with Crippen LogP contribution in [0.2, 0.25) is 0 Å². The maximum Gasteiger partial charge on any atom is 0.337 e. The number of ether oxygens (including phenoxy) is 1. The van der Waals surface area contributed by atoms with Crippen LogP contribution in [0.15, 0.2) is 11.3 Å². The van der Waals surface area contributed by atoms with Gasteiger partial charge in [-0.2, -0.15) is 0 Å². The molecule has 2 aliphatic carbocycles. The summed E-state index contributed by atoms with van der Waals surface area (Å²) in [4.78, 5) is 11.6. The van der Waals surface area contributed by atoms with Crippen LogP contribution in [0.4, 0.5) is 0 Å². The van der Waals surface area contributed by atoms with Crippen LogP contribution in [-0.2, 0) is 9.53 Å². The molecule has 0 aromatic rings. The molecule has 1 saturated carbocycles. The zero-order chi connectivity index (χ0) is 11.9. The molecule has 2 rings (SSSR count). The molecule has 2 N–H and O–H groups in total. The Hall–Kier alpha value is -1.03. The van der Waals surface area contributed by atoms with Crippen LogP contribution in [0.1, 0.15) is 32.6 Å². The molecule has 1 fully saturated rings. The Morgan fingerprint density at radius 3 is 2.88 bits per heavy atom. The maximum atomic E-state index is 11.6. The second-order valence-corrected chi connectivity index (χ2v) is 4.91. The molecule has 4 heteroatoms. The number of carbonyl (C=O) groups excluding carboxylic acids is 1. The topological polar surface area (TPSA) is 66.8 Å². The van der Waals surface area contributed by atoms with Gasteiger partial charge in [-0.25, -0.2) is 4.79 Å². The molecule has 0 unspecified atom stereocenters. The van der Waals surface area contributed by atoms with Crippen LogP contribution in [0.25, 0.3) is 0 Å². The van der Waals surface area contributed by atoms with Crippen molar-refractivity contribution in [1.82, 2.24) is 0 Å². The van der Waals surface area contributed by atoms with Crippen molar-refractivity contribution in [3.63, 3.8) is 0 Å². The molecule has 3 atom stereocenters. The van der Waals surface area contributed by atoms with Crippen molar-refractivity contribution in [1.29, 1.82) is 0 Å². The van der Waals surface area contributed by atoms with Gasteiger partial charge in [0.25, 0.3) is 0 Å². The Kier molecular flexibility index (Phi) is 2.70. The number of esters is 1. The Morgan fingerprint density at radius 2 is 2.25 bits per heavy atom. The molecule has 0 spiro atoms. The van der Waals surface area contributed by atoms with Crippen molar-refractivity contribution in [3.8, 4) is 0 Å². The molecule has 90 valence electrons. The van der Waals surface area contributed by atoms with Crippen LogP contribution in [0, 0.1) is 11.8 Å². The fourth-order valence-electron chi connectivity index (χ4n) is 3.00. The van der Waals surface area contributed by atoms with E-state index in [1.807, 2.05) is 0 Å². The van der Waals surface area contributed by atoms with Crippen molar-refractivity contribution < 1.29 is 19.7 Å². The number of aliphatic hydroxyl groups excluding tert-OH is 1. The first-order valence-corrected chi connectivity index (χ1v) is 5.73. The Labute approximate surface area is 94.9 Å². The number of methoxy groups -OCH3 is 1. The smallest absolute Gasteiger partial charge is 0.337 e. The Bertz CT molecular complexity index is 347. The predicted octanol–water partition coefficient (Wildman–Crippen LogP) is 1.54. The van der Waals surface area contributed by atoms with Gasteiger partial charge in [-0.3, -0.25) is 0 Å². The van der Waals surface area contributed by atoms with E-state index in [-0.39, 0.29) is 17.6 Å². The molecule has 0 aliphatic heterocycles. The molecule has 0 saturated heterocycles. The molecule has 4 nitrogen and oxygen atoms in total. The molecule has 0 amide bonds. The summed E-state index contributed by atoms with van der Waals surface area (Å²) in [5, 5.41) is 20.4. The first-order chi connectivity index (χ1) is 7.49. The molecular formula is C12H18O4. The molecule has 2 bridgehead atoms. The lowest BCUT2D eigenvalue weighted by Crippen LogP contribution is -2.47. The summed E-state index contributed by atoms with van der Waals surface area (Å²) in [5.41, 5.74) is -0.468. The molecular weight excluding hydrogens is 208 g/mol. The molecule has 0 heterocycles. The van der Waals surface area contributed by atoms with Gasteiger partial charge in [-0.1, -0.05) is 6.92 Å². The van der Waals surface area contributed by atoms with E-state index in [2.05, 4.69) is 0 Å². The minimum Gasteiger partial charge on any atom is -0.511 e. The summed E-state index contributed by atoms with van der Waals surface area (Å²) in [6.07, 6.45) is 2.98. The highest BCUT2D eigenvalue weighted by Gasteiger charge is 2.48. The number of aliphatic hydroxyl groups is 2. The lowest BCUT2D eigenvalue weighted by molar-refractivity contribution is -0.139. The molecule has 0 radical (unpaired) electrons. The van der Waals surface area contributed by atoms with Gasteiger partial charge in [0.05, 0.1) is 18.3 Å². The highest BCUT2D eigenvalue weighted by atomic mass is 16.5. The van der Waals surface area contributed by atoms with Gasteiger partial charge in [0.1, 0.15) is 5.76 Å². The first kappa shape index (κ1) is 11.5. The number of rotatable bonds is 1. The number of carbonyl (C=O) groups is 1. The van der Waals surface area contributed by atoms with Crippen LogP contribution < -0.4 is 0 Å². The third-order valence-corrected chi connectivity index (χ3v) is 4.07. The summed E-state index contributed by atoms with van der Waals surface area (Å²) in [7, 11) is 1.32. The lowest BCUT2D eigenvalue weighted by Gasteiger charge is -2.45. The van der Waals surface area contributed by atoms with Crippen molar-refractivity contribution >= 4 is 5.97 Å². The van der Waals surface area contributed by atoms with Gasteiger partial charge >= 0.3 is 5.97 Å². The fourth-order valence-corrected chi connectivity index (χ4v) is 3.00. The van der Waals surface area contributed by atoms with Crippen LogP contribution in [-0.4, -0.2) is 28.9 Å². The van der Waals surface area contributed by atoms with E-state index >= 15 is 0 Å². The maximum absolute atomic E-state index is 11.6. The average Bonchev–Trinajstić information content (AvgIpc) is 2.26. The van der Waals surface area contributed by atoms with E-state index in [9.17, 15) is 15.0 Å². The van der Waals surface area contributed by atoms with Crippen LogP contribution in [0.5, 0.6) is 0 Å². The normalized spacial score (nSPS) is 38.4. The van der Waals surface area contributed by atoms with E-state index in [0.717, 1.165) is 12.8 Å². The van der Waals surface area contributed by atoms with Crippen LogP contribution in [0.3, 0.4) is 0 Å². The quantitative estimate of drug-likeness (QED) is 0.666. The van der Waals surface area contributed by atoms with E-state index < -0.39 is 11.6 Å². The number of hydrogen-bond donors (Lipinski definition) is 2. The fraction of sp³-hybridized carbons (Fsp3) is 0.750. The van der Waals surface area contributed by atoms with Gasteiger partial charge < -0.3 is 14.9 Å². The minimum absolute atomic E-state index is 0.0188. The number of fused-ring (bicyclic) bond motifs is 2. The second-order valence-electron chi connectivity index (χ2n) is 4.91. The zero-order valence-corrected chi connectivity index (χ0v) is 9.69. The molecule has 0 aromatic carbocycles. The molecule has 16 heavy (non-hydrogen) atoms. The van der Waals surface area contributed by atoms with Crippen molar-refractivity contribution in [2.75, 3.05) is 7.11 Å².